The van der Waals surface area contributed by atoms with Gasteiger partial charge in [-0.15, -0.1) is 11.3 Å². The van der Waals surface area contributed by atoms with E-state index in [0.717, 1.165) is 10.6 Å². The van der Waals surface area contributed by atoms with Crippen LogP contribution >= 0.6 is 22.9 Å². The molecule has 3 aromatic rings. The third-order valence-electron chi connectivity index (χ3n) is 4.89. The molecule has 2 heterocycles. The topological polar surface area (TPSA) is 71.5 Å². The molecule has 0 atom stereocenters. The highest BCUT2D eigenvalue weighted by molar-refractivity contribution is 7.13. The predicted molar refractivity (Wildman–Crippen MR) is 118 cm³/mol. The van der Waals surface area contributed by atoms with Crippen molar-refractivity contribution in [3.63, 3.8) is 0 Å². The fourth-order valence-corrected chi connectivity index (χ4v) is 4.53. The lowest BCUT2D eigenvalue weighted by Gasteiger charge is -2.20. The number of rotatable bonds is 4. The van der Waals surface area contributed by atoms with Crippen LogP contribution in [0.25, 0.3) is 0 Å². The molecule has 2 amide bonds. The number of thiazole rings is 1. The van der Waals surface area contributed by atoms with Crippen LogP contribution in [0.3, 0.4) is 0 Å². The Balaban J connectivity index is 1.43. The zero-order valence-electron chi connectivity index (χ0n) is 16.4. The second kappa shape index (κ2) is 8.85. The summed E-state index contributed by atoms with van der Waals surface area (Å²) in [5.74, 6) is 0.393. The van der Waals surface area contributed by atoms with Gasteiger partial charge in [0.15, 0.2) is 5.01 Å². The standard InChI is InChI=1S/C22H20ClN3O3S/c1-29-17-7-3-6-16(13-17)24-20(27)21-25-18-8-10-26(11-9-19(18)30-21)22(28)14-4-2-5-15(23)12-14/h2-7,12-13H,8-11H2,1H3,(H,24,27). The summed E-state index contributed by atoms with van der Waals surface area (Å²) in [5.41, 5.74) is 2.12. The van der Waals surface area contributed by atoms with Crippen molar-refractivity contribution in [2.75, 3.05) is 25.5 Å². The number of ether oxygens (including phenoxy) is 1. The average Bonchev–Trinajstić information content (AvgIpc) is 3.07. The summed E-state index contributed by atoms with van der Waals surface area (Å²) in [6.07, 6.45) is 1.29. The van der Waals surface area contributed by atoms with Crippen LogP contribution in [0.5, 0.6) is 5.75 Å². The van der Waals surface area contributed by atoms with Gasteiger partial charge in [0.2, 0.25) is 0 Å². The number of nitrogens with zero attached hydrogens (tertiary/aromatic N) is 2. The van der Waals surface area contributed by atoms with Gasteiger partial charge < -0.3 is 15.0 Å². The van der Waals surface area contributed by atoms with Crippen LogP contribution in [0.1, 0.15) is 30.7 Å². The smallest absolute Gasteiger partial charge is 0.284 e. The number of fused-ring (bicyclic) bond motifs is 1. The second-order valence-corrected chi connectivity index (χ2v) is 8.40. The van der Waals surface area contributed by atoms with Crippen molar-refractivity contribution in [2.24, 2.45) is 0 Å². The van der Waals surface area contributed by atoms with Crippen LogP contribution in [0.2, 0.25) is 5.02 Å². The molecule has 8 heteroatoms. The fraction of sp³-hybridized carbons (Fsp3) is 0.227. The van der Waals surface area contributed by atoms with Gasteiger partial charge in [-0.1, -0.05) is 23.7 Å². The molecule has 0 saturated heterocycles. The summed E-state index contributed by atoms with van der Waals surface area (Å²) in [6, 6.07) is 14.2. The van der Waals surface area contributed by atoms with Crippen LogP contribution in [0.15, 0.2) is 48.5 Å². The van der Waals surface area contributed by atoms with Gasteiger partial charge in [-0.25, -0.2) is 4.98 Å². The molecule has 0 aliphatic carbocycles. The maximum absolute atomic E-state index is 12.8. The monoisotopic (exact) mass is 441 g/mol. The summed E-state index contributed by atoms with van der Waals surface area (Å²) in [6.45, 7) is 1.14. The number of hydrogen-bond acceptors (Lipinski definition) is 5. The SMILES string of the molecule is COc1cccc(NC(=O)c2nc3c(s2)CCN(C(=O)c2cccc(Cl)c2)CC3)c1. The summed E-state index contributed by atoms with van der Waals surface area (Å²) in [7, 11) is 1.58. The Hall–Kier alpha value is -2.90. The van der Waals surface area contributed by atoms with Crippen LogP contribution in [0, 0.1) is 0 Å². The fourth-order valence-electron chi connectivity index (χ4n) is 3.35. The summed E-state index contributed by atoms with van der Waals surface area (Å²) in [4.78, 5) is 32.8. The third kappa shape index (κ3) is 4.47. The van der Waals surface area contributed by atoms with Gasteiger partial charge in [0.25, 0.3) is 11.8 Å². The molecular weight excluding hydrogens is 422 g/mol. The number of carbonyl (C=O) groups is 2. The molecule has 154 valence electrons. The summed E-state index contributed by atoms with van der Waals surface area (Å²) >= 11 is 7.40. The van der Waals surface area contributed by atoms with E-state index in [2.05, 4.69) is 10.3 Å². The minimum atomic E-state index is -0.242. The van der Waals surface area contributed by atoms with Crippen LogP contribution in [-0.4, -0.2) is 41.9 Å². The Morgan fingerprint density at radius 1 is 1.13 bits per heavy atom. The van der Waals surface area contributed by atoms with Gasteiger partial charge in [0.05, 0.1) is 12.8 Å². The zero-order chi connectivity index (χ0) is 21.1. The number of hydrogen-bond donors (Lipinski definition) is 1. The normalized spacial score (nSPS) is 13.3. The van der Waals surface area contributed by atoms with Gasteiger partial charge in [-0.05, 0) is 30.3 Å². The van der Waals surface area contributed by atoms with E-state index in [1.54, 1.807) is 43.5 Å². The number of aromatic nitrogens is 1. The largest absolute Gasteiger partial charge is 0.497 e. The van der Waals surface area contributed by atoms with Crippen molar-refractivity contribution in [3.8, 4) is 5.75 Å². The Labute approximate surface area is 183 Å². The van der Waals surface area contributed by atoms with E-state index in [0.29, 0.717) is 53.0 Å². The lowest BCUT2D eigenvalue weighted by atomic mass is 10.2. The Morgan fingerprint density at radius 3 is 2.73 bits per heavy atom. The maximum atomic E-state index is 12.8. The molecule has 30 heavy (non-hydrogen) atoms. The molecule has 0 radical (unpaired) electrons. The van der Waals surface area contributed by atoms with Gasteiger partial charge in [-0.2, -0.15) is 0 Å². The van der Waals surface area contributed by atoms with Crippen molar-refractivity contribution in [1.82, 2.24) is 9.88 Å². The number of anilines is 1. The number of carbonyl (C=O) groups excluding carboxylic acids is 2. The summed E-state index contributed by atoms with van der Waals surface area (Å²) in [5, 5.41) is 3.84. The molecule has 0 saturated carbocycles. The van der Waals surface area contributed by atoms with E-state index in [1.807, 2.05) is 17.0 Å². The minimum absolute atomic E-state index is 0.0383. The van der Waals surface area contributed by atoms with E-state index in [1.165, 1.54) is 11.3 Å². The van der Waals surface area contributed by atoms with Crippen molar-refractivity contribution < 1.29 is 14.3 Å². The molecule has 0 unspecified atom stereocenters. The first-order valence-electron chi connectivity index (χ1n) is 9.52. The average molecular weight is 442 g/mol. The highest BCUT2D eigenvalue weighted by Gasteiger charge is 2.24. The number of benzene rings is 2. The van der Waals surface area contributed by atoms with Crippen LogP contribution < -0.4 is 10.1 Å². The molecule has 0 bridgehead atoms. The molecule has 4 rings (SSSR count). The van der Waals surface area contributed by atoms with Crippen molar-refractivity contribution >= 4 is 40.4 Å². The first kappa shape index (κ1) is 20.4. The van der Waals surface area contributed by atoms with E-state index >= 15 is 0 Å². The predicted octanol–water partition coefficient (Wildman–Crippen LogP) is 4.30. The Kier molecular flexibility index (Phi) is 6.01. The van der Waals surface area contributed by atoms with Crippen molar-refractivity contribution in [1.29, 1.82) is 0 Å². The quantitative estimate of drug-likeness (QED) is 0.655. The molecular formula is C22H20ClN3O3S. The number of halogens is 1. The van der Waals surface area contributed by atoms with Gasteiger partial charge in [0.1, 0.15) is 5.75 Å². The maximum Gasteiger partial charge on any atom is 0.284 e. The molecule has 2 aromatic carbocycles. The van der Waals surface area contributed by atoms with Crippen molar-refractivity contribution in [2.45, 2.75) is 12.8 Å². The van der Waals surface area contributed by atoms with E-state index in [9.17, 15) is 9.59 Å². The van der Waals surface area contributed by atoms with Gasteiger partial charge >= 0.3 is 0 Å². The first-order valence-corrected chi connectivity index (χ1v) is 10.7. The van der Waals surface area contributed by atoms with Gasteiger partial charge in [0, 0.05) is 53.1 Å². The summed E-state index contributed by atoms with van der Waals surface area (Å²) < 4.78 is 5.19. The number of nitrogens with one attached hydrogen (secondary N) is 1. The molecule has 1 aromatic heterocycles. The highest BCUT2D eigenvalue weighted by Crippen LogP contribution is 2.25. The van der Waals surface area contributed by atoms with Crippen molar-refractivity contribution in [3.05, 3.63) is 74.7 Å². The molecule has 0 fully saturated rings. The zero-order valence-corrected chi connectivity index (χ0v) is 17.9. The lowest BCUT2D eigenvalue weighted by Crippen LogP contribution is -2.33. The highest BCUT2D eigenvalue weighted by atomic mass is 35.5. The minimum Gasteiger partial charge on any atom is -0.497 e. The van der Waals surface area contributed by atoms with Gasteiger partial charge in [-0.3, -0.25) is 9.59 Å². The van der Waals surface area contributed by atoms with E-state index in [-0.39, 0.29) is 11.8 Å². The number of methoxy groups -OCH3 is 1. The van der Waals surface area contributed by atoms with Crippen LogP contribution in [-0.2, 0) is 12.8 Å². The second-order valence-electron chi connectivity index (χ2n) is 6.88. The first-order chi connectivity index (χ1) is 14.5. The third-order valence-corrected chi connectivity index (χ3v) is 6.28. The molecule has 1 aliphatic heterocycles. The molecule has 6 nitrogen and oxygen atoms in total. The Morgan fingerprint density at radius 2 is 1.93 bits per heavy atom. The number of amides is 2. The van der Waals surface area contributed by atoms with E-state index in [4.69, 9.17) is 16.3 Å². The molecule has 1 N–H and O–H groups in total. The van der Waals surface area contributed by atoms with Crippen LogP contribution in [0.4, 0.5) is 5.69 Å². The Bertz CT molecular complexity index is 1070. The molecule has 0 spiro atoms. The lowest BCUT2D eigenvalue weighted by molar-refractivity contribution is 0.0762. The van der Waals surface area contributed by atoms with E-state index < -0.39 is 0 Å². The molecule has 1 aliphatic rings.